The lowest BCUT2D eigenvalue weighted by atomic mass is 10.2. The van der Waals surface area contributed by atoms with E-state index in [0.29, 0.717) is 4.73 Å². The van der Waals surface area contributed by atoms with E-state index < -0.39 is 33.5 Å². The molecular weight excluding hydrogens is 364 g/mol. The van der Waals surface area contributed by atoms with Crippen LogP contribution >= 0.6 is 0 Å². The third kappa shape index (κ3) is 4.66. The van der Waals surface area contributed by atoms with Gasteiger partial charge in [-0.05, 0) is 19.1 Å². The number of nitrogens with one attached hydrogen (secondary N) is 2. The van der Waals surface area contributed by atoms with Crippen LogP contribution in [0.25, 0.3) is 0 Å². The van der Waals surface area contributed by atoms with Gasteiger partial charge >= 0.3 is 16.1 Å². The molecule has 0 radical (unpaired) electrons. The second-order valence-electron chi connectivity index (χ2n) is 5.21. The van der Waals surface area contributed by atoms with E-state index in [4.69, 9.17) is 14.4 Å². The second kappa shape index (κ2) is 7.35. The van der Waals surface area contributed by atoms with Gasteiger partial charge in [-0.1, -0.05) is 17.7 Å². The quantitative estimate of drug-likeness (QED) is 0.714. The molecule has 0 aliphatic carbocycles. The fourth-order valence-electron chi connectivity index (χ4n) is 1.87. The molecule has 2 aromatic rings. The fourth-order valence-corrected chi connectivity index (χ4v) is 2.74. The molecule has 1 aromatic carbocycles. The van der Waals surface area contributed by atoms with Crippen LogP contribution < -0.4 is 20.0 Å². The number of hydrogen-bond acceptors (Lipinski definition) is 8. The largest absolute Gasteiger partial charge is 0.358 e. The predicted molar refractivity (Wildman–Crippen MR) is 88.6 cm³/mol. The summed E-state index contributed by atoms with van der Waals surface area (Å²) in [6.07, 6.45) is 0. The average Bonchev–Trinajstić information content (AvgIpc) is 2.50. The molecule has 0 saturated heterocycles. The number of benzene rings is 1. The summed E-state index contributed by atoms with van der Waals surface area (Å²) in [4.78, 5) is 30.7. The number of aryl methyl sites for hydroxylation is 1. The van der Waals surface area contributed by atoms with Crippen LogP contribution in [0.2, 0.25) is 0 Å². The molecule has 0 aliphatic heterocycles. The third-order valence-corrected chi connectivity index (χ3v) is 4.16. The maximum absolute atomic E-state index is 12.3. The number of hydrogen-bond donors (Lipinski definition) is 2. The Morgan fingerprint density at radius 1 is 1.19 bits per heavy atom. The van der Waals surface area contributed by atoms with Crippen molar-refractivity contribution in [2.45, 2.75) is 25.7 Å². The summed E-state index contributed by atoms with van der Waals surface area (Å²) in [5.41, 5.74) is 0.214. The van der Waals surface area contributed by atoms with E-state index in [1.807, 2.05) is 0 Å². The second-order valence-corrected chi connectivity index (χ2v) is 6.76. The summed E-state index contributed by atoms with van der Waals surface area (Å²) in [6.45, 7) is 4.08. The molecule has 26 heavy (non-hydrogen) atoms. The predicted octanol–water partition coefficient (Wildman–Crippen LogP) is 0.372. The highest BCUT2D eigenvalue weighted by molar-refractivity contribution is 7.87. The number of aromatic nitrogens is 2. The highest BCUT2D eigenvalue weighted by Gasteiger charge is 2.20. The van der Waals surface area contributed by atoms with E-state index >= 15 is 0 Å². The number of rotatable bonds is 5. The van der Waals surface area contributed by atoms with Crippen molar-refractivity contribution in [1.82, 2.24) is 9.71 Å². The van der Waals surface area contributed by atoms with Crippen LogP contribution in [0.5, 0.6) is 5.88 Å². The van der Waals surface area contributed by atoms with Gasteiger partial charge in [0, 0.05) is 19.9 Å². The molecule has 2 rings (SSSR count). The topological polar surface area (TPSA) is 140 Å². The van der Waals surface area contributed by atoms with Crippen LogP contribution in [-0.4, -0.2) is 30.0 Å². The molecule has 1 heterocycles. The normalized spacial score (nSPS) is 10.9. The van der Waals surface area contributed by atoms with Gasteiger partial charge < -0.3 is 14.3 Å². The monoisotopic (exact) mass is 380 g/mol. The summed E-state index contributed by atoms with van der Waals surface area (Å²) in [6, 6.07) is 6.95. The van der Waals surface area contributed by atoms with Gasteiger partial charge in [0.1, 0.15) is 4.90 Å². The zero-order chi connectivity index (χ0) is 19.5. The van der Waals surface area contributed by atoms with Gasteiger partial charge in [-0.25, -0.2) is 4.79 Å². The van der Waals surface area contributed by atoms with Gasteiger partial charge in [-0.3, -0.25) is 10.2 Å². The SMILES string of the molecule is CC(=O)Nc1cc(OS(=O)(=O)c2ccc(C)cc2)nc(=N)n1OC(C)=O. The molecule has 11 heteroatoms. The molecule has 0 atom stereocenters. The molecular formula is C15H16N4O6S. The van der Waals surface area contributed by atoms with Crippen molar-refractivity contribution in [2.75, 3.05) is 5.32 Å². The molecule has 1 aromatic heterocycles. The molecule has 138 valence electrons. The van der Waals surface area contributed by atoms with Gasteiger partial charge in [-0.15, -0.1) is 4.73 Å². The van der Waals surface area contributed by atoms with Crippen LogP contribution in [-0.2, 0) is 19.7 Å². The Hall–Kier alpha value is -3.21. The van der Waals surface area contributed by atoms with Crippen molar-refractivity contribution < 1.29 is 27.0 Å². The lowest BCUT2D eigenvalue weighted by Gasteiger charge is -2.13. The number of nitrogens with zero attached hydrogens (tertiary/aromatic N) is 2. The van der Waals surface area contributed by atoms with E-state index in [1.165, 1.54) is 19.1 Å². The zero-order valence-corrected chi connectivity index (χ0v) is 15.0. The molecule has 1 amide bonds. The molecule has 0 fully saturated rings. The number of anilines is 1. The third-order valence-electron chi connectivity index (χ3n) is 2.92. The van der Waals surface area contributed by atoms with Crippen LogP contribution in [0.4, 0.5) is 5.82 Å². The Kier molecular flexibility index (Phi) is 5.41. The smallest absolute Gasteiger partial charge is 0.340 e. The van der Waals surface area contributed by atoms with E-state index in [0.717, 1.165) is 18.6 Å². The van der Waals surface area contributed by atoms with Crippen LogP contribution in [0, 0.1) is 12.3 Å². The summed E-state index contributed by atoms with van der Waals surface area (Å²) in [5.74, 6) is -1.97. The molecule has 10 nitrogen and oxygen atoms in total. The van der Waals surface area contributed by atoms with Crippen LogP contribution in [0.15, 0.2) is 35.2 Å². The maximum atomic E-state index is 12.3. The maximum Gasteiger partial charge on any atom is 0.340 e. The molecule has 2 N–H and O–H groups in total. The highest BCUT2D eigenvalue weighted by atomic mass is 32.2. The van der Waals surface area contributed by atoms with Gasteiger partial charge in [0.15, 0.2) is 5.82 Å². The van der Waals surface area contributed by atoms with Gasteiger partial charge in [-0.2, -0.15) is 13.4 Å². The Morgan fingerprint density at radius 3 is 2.35 bits per heavy atom. The molecule has 0 spiro atoms. The van der Waals surface area contributed by atoms with Crippen molar-refractivity contribution in [3.63, 3.8) is 0 Å². The number of carbonyl (C=O) groups is 2. The van der Waals surface area contributed by atoms with E-state index in [-0.39, 0.29) is 10.7 Å². The van der Waals surface area contributed by atoms with Crippen molar-refractivity contribution in [1.29, 1.82) is 5.41 Å². The standard InChI is InChI=1S/C15H16N4O6S/c1-9-4-6-12(7-5-9)26(22,23)25-14-8-13(17-10(2)20)19(15(16)18-14)24-11(3)21/h4-8,16H,1-3H3,(H,17,20). The van der Waals surface area contributed by atoms with Crippen molar-refractivity contribution in [3.05, 3.63) is 41.5 Å². The Labute approximate surface area is 149 Å². The minimum absolute atomic E-state index is 0.103. The Morgan fingerprint density at radius 2 is 1.81 bits per heavy atom. The lowest BCUT2D eigenvalue weighted by Crippen LogP contribution is -2.34. The first-order valence-electron chi connectivity index (χ1n) is 7.25. The van der Waals surface area contributed by atoms with Gasteiger partial charge in [0.2, 0.25) is 11.8 Å². The molecule has 0 aliphatic rings. The first kappa shape index (κ1) is 19.1. The number of amides is 1. The Balaban J connectivity index is 2.45. The van der Waals surface area contributed by atoms with Gasteiger partial charge in [0.05, 0.1) is 0 Å². The summed E-state index contributed by atoms with van der Waals surface area (Å²) < 4.78 is 30.2. The van der Waals surface area contributed by atoms with Crippen molar-refractivity contribution in [2.24, 2.45) is 0 Å². The zero-order valence-electron chi connectivity index (χ0n) is 14.1. The highest BCUT2D eigenvalue weighted by Crippen LogP contribution is 2.18. The summed E-state index contributed by atoms with van der Waals surface area (Å²) in [5, 5.41) is 10.1. The summed E-state index contributed by atoms with van der Waals surface area (Å²) in [7, 11) is -4.20. The Bertz CT molecular complexity index is 1010. The van der Waals surface area contributed by atoms with Crippen molar-refractivity contribution in [3.8, 4) is 5.88 Å². The fraction of sp³-hybridized carbons (Fsp3) is 0.200. The van der Waals surface area contributed by atoms with Gasteiger partial charge in [0.25, 0.3) is 5.62 Å². The average molecular weight is 380 g/mol. The minimum atomic E-state index is -4.20. The molecule has 0 unspecified atom stereocenters. The number of carbonyl (C=O) groups excluding carboxylic acids is 2. The minimum Gasteiger partial charge on any atom is -0.358 e. The summed E-state index contributed by atoms with van der Waals surface area (Å²) >= 11 is 0. The van der Waals surface area contributed by atoms with Crippen molar-refractivity contribution >= 4 is 27.8 Å². The van der Waals surface area contributed by atoms with E-state index in [9.17, 15) is 18.0 Å². The lowest BCUT2D eigenvalue weighted by molar-refractivity contribution is -0.142. The molecule has 0 saturated carbocycles. The molecule has 0 bridgehead atoms. The first-order valence-corrected chi connectivity index (χ1v) is 8.65. The van der Waals surface area contributed by atoms with E-state index in [1.54, 1.807) is 19.1 Å². The van der Waals surface area contributed by atoms with Crippen LogP contribution in [0.3, 0.4) is 0 Å². The van der Waals surface area contributed by atoms with E-state index in [2.05, 4.69) is 10.3 Å². The first-order chi connectivity index (χ1) is 12.1. The van der Waals surface area contributed by atoms with Crippen LogP contribution in [0.1, 0.15) is 19.4 Å².